The van der Waals surface area contributed by atoms with E-state index < -0.39 is 0 Å². The Kier molecular flexibility index (Phi) is 6.58. The average molecular weight is 373 g/mol. The van der Waals surface area contributed by atoms with Gasteiger partial charge in [-0.05, 0) is 43.7 Å². The Morgan fingerprint density at radius 3 is 2.85 bits per heavy atom. The van der Waals surface area contributed by atoms with Crippen LogP contribution in [0.25, 0.3) is 0 Å². The van der Waals surface area contributed by atoms with Gasteiger partial charge < -0.3 is 20.3 Å². The summed E-state index contributed by atoms with van der Waals surface area (Å²) >= 11 is 0. The van der Waals surface area contributed by atoms with Crippen molar-refractivity contribution < 1.29 is 9.53 Å². The molecule has 1 heterocycles. The summed E-state index contributed by atoms with van der Waals surface area (Å²) in [7, 11) is 0. The number of guanidine groups is 1. The van der Waals surface area contributed by atoms with Gasteiger partial charge in [0.25, 0.3) is 0 Å². The van der Waals surface area contributed by atoms with Crippen molar-refractivity contribution in [2.24, 2.45) is 10.4 Å². The number of anilines is 1. The van der Waals surface area contributed by atoms with Crippen LogP contribution in [0.3, 0.4) is 0 Å². The molecule has 27 heavy (non-hydrogen) atoms. The van der Waals surface area contributed by atoms with Crippen LogP contribution in [0.4, 0.5) is 5.69 Å². The van der Waals surface area contributed by atoms with Crippen molar-refractivity contribution in [3.63, 3.8) is 0 Å². The van der Waals surface area contributed by atoms with Gasteiger partial charge in [-0.25, -0.2) is 4.99 Å². The number of likely N-dealkylation sites (tertiary alicyclic amines) is 1. The second kappa shape index (κ2) is 9.11. The minimum absolute atomic E-state index is 0.0855. The van der Waals surface area contributed by atoms with Crippen molar-refractivity contribution in [2.45, 2.75) is 46.0 Å². The van der Waals surface area contributed by atoms with E-state index in [-0.39, 0.29) is 5.91 Å². The van der Waals surface area contributed by atoms with E-state index in [1.807, 2.05) is 24.3 Å². The lowest BCUT2D eigenvalue weighted by Gasteiger charge is -2.26. The molecule has 2 N–H and O–H groups in total. The molecule has 1 saturated carbocycles. The van der Waals surface area contributed by atoms with E-state index >= 15 is 0 Å². The Hall–Kier alpha value is -2.24. The molecule has 1 aliphatic heterocycles. The summed E-state index contributed by atoms with van der Waals surface area (Å²) < 4.78 is 5.81. The number of benzene rings is 1. The van der Waals surface area contributed by atoms with Crippen LogP contribution in [0, 0.1) is 5.41 Å². The number of carbonyl (C=O) groups excluding carboxylic acids is 1. The van der Waals surface area contributed by atoms with Crippen LogP contribution in [-0.4, -0.2) is 49.6 Å². The third-order valence-electron chi connectivity index (χ3n) is 5.51. The van der Waals surface area contributed by atoms with Crippen LogP contribution >= 0.6 is 0 Å². The highest BCUT2D eigenvalue weighted by atomic mass is 16.5. The molecule has 0 atom stereocenters. The van der Waals surface area contributed by atoms with Gasteiger partial charge in [0.15, 0.2) is 5.96 Å². The first-order valence-corrected chi connectivity index (χ1v) is 10.1. The topological polar surface area (TPSA) is 66.0 Å². The molecular formula is C21H32N4O2. The third-order valence-corrected chi connectivity index (χ3v) is 5.51. The molecule has 1 spiro atoms. The lowest BCUT2D eigenvalue weighted by Crippen LogP contribution is -2.41. The van der Waals surface area contributed by atoms with E-state index in [2.05, 4.69) is 22.5 Å². The number of carbonyl (C=O) groups is 1. The third kappa shape index (κ3) is 5.37. The number of hydrogen-bond donors (Lipinski definition) is 2. The summed E-state index contributed by atoms with van der Waals surface area (Å²) in [5.41, 5.74) is 1.28. The highest BCUT2D eigenvalue weighted by Gasteiger charge is 2.41. The molecule has 0 aromatic heterocycles. The Bertz CT molecular complexity index is 668. The fourth-order valence-electron chi connectivity index (χ4n) is 4.26. The van der Waals surface area contributed by atoms with Crippen molar-refractivity contribution in [1.82, 2.24) is 10.2 Å². The van der Waals surface area contributed by atoms with E-state index in [0.717, 1.165) is 37.0 Å². The quantitative estimate of drug-likeness (QED) is 0.457. The van der Waals surface area contributed by atoms with Crippen LogP contribution in [0.5, 0.6) is 5.75 Å². The number of nitrogens with zero attached hydrogens (tertiary/aromatic N) is 2. The maximum atomic E-state index is 11.2. The normalized spacial score (nSPS) is 18.7. The van der Waals surface area contributed by atoms with Gasteiger partial charge in [0.2, 0.25) is 5.91 Å². The molecule has 3 rings (SSSR count). The molecule has 2 aliphatic rings. The van der Waals surface area contributed by atoms with Gasteiger partial charge in [-0.1, -0.05) is 18.9 Å². The molecule has 1 amide bonds. The molecule has 6 heteroatoms. The van der Waals surface area contributed by atoms with Crippen LogP contribution in [-0.2, 0) is 4.79 Å². The first-order valence-electron chi connectivity index (χ1n) is 10.1. The van der Waals surface area contributed by atoms with Gasteiger partial charge in [0.1, 0.15) is 12.4 Å². The lowest BCUT2D eigenvalue weighted by atomic mass is 9.86. The molecule has 1 aromatic carbocycles. The molecule has 148 valence electrons. The number of nitrogens with one attached hydrogen (secondary N) is 2. The molecular weight excluding hydrogens is 340 g/mol. The van der Waals surface area contributed by atoms with E-state index in [4.69, 9.17) is 9.73 Å². The highest BCUT2D eigenvalue weighted by Crippen LogP contribution is 2.45. The number of hydrogen-bond acceptors (Lipinski definition) is 3. The monoisotopic (exact) mass is 372 g/mol. The smallest absolute Gasteiger partial charge is 0.221 e. The van der Waals surface area contributed by atoms with Crippen molar-refractivity contribution in [3.05, 3.63) is 24.3 Å². The van der Waals surface area contributed by atoms with Crippen molar-refractivity contribution >= 4 is 17.6 Å². The summed E-state index contributed by atoms with van der Waals surface area (Å²) in [5, 5.41) is 6.20. The van der Waals surface area contributed by atoms with Gasteiger partial charge in [-0.3, -0.25) is 4.79 Å². The minimum atomic E-state index is -0.0855. The number of rotatable bonds is 6. The summed E-state index contributed by atoms with van der Waals surface area (Å²) in [6.07, 6.45) is 6.80. The Morgan fingerprint density at radius 2 is 2.11 bits per heavy atom. The maximum Gasteiger partial charge on any atom is 0.221 e. The number of ether oxygens (including phenoxy) is 1. The minimum Gasteiger partial charge on any atom is -0.492 e. The summed E-state index contributed by atoms with van der Waals surface area (Å²) in [6, 6.07) is 7.45. The van der Waals surface area contributed by atoms with Crippen molar-refractivity contribution in [2.75, 3.05) is 38.1 Å². The molecule has 6 nitrogen and oxygen atoms in total. The van der Waals surface area contributed by atoms with Gasteiger partial charge >= 0.3 is 0 Å². The zero-order valence-electron chi connectivity index (χ0n) is 16.6. The van der Waals surface area contributed by atoms with Crippen LogP contribution < -0.4 is 15.4 Å². The van der Waals surface area contributed by atoms with E-state index in [9.17, 15) is 4.79 Å². The summed E-state index contributed by atoms with van der Waals surface area (Å²) in [5.74, 6) is 1.67. The van der Waals surface area contributed by atoms with Crippen LogP contribution in [0.1, 0.15) is 46.0 Å². The van der Waals surface area contributed by atoms with E-state index in [1.54, 1.807) is 0 Å². The first kappa shape index (κ1) is 19.5. The van der Waals surface area contributed by atoms with Crippen molar-refractivity contribution in [3.8, 4) is 5.75 Å². The van der Waals surface area contributed by atoms with Crippen LogP contribution in [0.2, 0.25) is 0 Å². The predicted octanol–water partition coefficient (Wildman–Crippen LogP) is 3.26. The Morgan fingerprint density at radius 1 is 1.30 bits per heavy atom. The fraction of sp³-hybridized carbons (Fsp3) is 0.619. The Balaban J connectivity index is 1.51. The van der Waals surface area contributed by atoms with E-state index in [0.29, 0.717) is 18.6 Å². The molecule has 0 unspecified atom stereocenters. The maximum absolute atomic E-state index is 11.2. The lowest BCUT2D eigenvalue weighted by molar-refractivity contribution is -0.114. The molecule has 0 radical (unpaired) electrons. The van der Waals surface area contributed by atoms with Crippen molar-refractivity contribution in [1.29, 1.82) is 0 Å². The molecule has 1 aromatic rings. The first-order chi connectivity index (χ1) is 13.1. The van der Waals surface area contributed by atoms with Gasteiger partial charge in [-0.15, -0.1) is 0 Å². The standard InChI is InChI=1S/C21H32N4O2/c1-3-22-20(25-13-11-21(16-25)9-4-5-10-21)23-12-14-27-19-8-6-7-18(15-19)24-17(2)26/h6-8,15H,3-5,9-14,16H2,1-2H3,(H,22,23)(H,24,26). The highest BCUT2D eigenvalue weighted by molar-refractivity contribution is 5.88. The zero-order valence-corrected chi connectivity index (χ0v) is 16.6. The fourth-order valence-corrected chi connectivity index (χ4v) is 4.26. The summed E-state index contributed by atoms with van der Waals surface area (Å²) in [6.45, 7) is 7.85. The van der Waals surface area contributed by atoms with Gasteiger partial charge in [0, 0.05) is 38.3 Å². The second-order valence-electron chi connectivity index (χ2n) is 7.67. The average Bonchev–Trinajstić information content (AvgIpc) is 3.28. The van der Waals surface area contributed by atoms with Crippen LogP contribution in [0.15, 0.2) is 29.3 Å². The Labute approximate surface area is 162 Å². The zero-order chi connectivity index (χ0) is 19.1. The van der Waals surface area contributed by atoms with Gasteiger partial charge in [-0.2, -0.15) is 0 Å². The largest absolute Gasteiger partial charge is 0.492 e. The number of amides is 1. The second-order valence-corrected chi connectivity index (χ2v) is 7.67. The summed E-state index contributed by atoms with van der Waals surface area (Å²) in [4.78, 5) is 18.4. The molecule has 0 bridgehead atoms. The molecule has 2 fully saturated rings. The number of aliphatic imine (C=N–C) groups is 1. The molecule has 1 aliphatic carbocycles. The van der Waals surface area contributed by atoms with Gasteiger partial charge in [0.05, 0.1) is 6.54 Å². The van der Waals surface area contributed by atoms with E-state index in [1.165, 1.54) is 39.0 Å². The molecule has 1 saturated heterocycles. The SMILES string of the molecule is CCNC(=NCCOc1cccc(NC(C)=O)c1)N1CCC2(CCCC2)C1. The predicted molar refractivity (Wildman–Crippen MR) is 109 cm³/mol.